The third-order valence-electron chi connectivity index (χ3n) is 10.9. The van der Waals surface area contributed by atoms with E-state index in [2.05, 4.69) is 195 Å². The molecule has 2 nitrogen and oxygen atoms in total. The van der Waals surface area contributed by atoms with Crippen LogP contribution in [0.1, 0.15) is 25.0 Å². The van der Waals surface area contributed by atoms with Crippen LogP contribution in [-0.2, 0) is 5.41 Å². The Morgan fingerprint density at radius 3 is 1.80 bits per heavy atom. The second-order valence-corrected chi connectivity index (χ2v) is 14.1. The molecule has 1 aliphatic rings. The van der Waals surface area contributed by atoms with Crippen LogP contribution in [0.2, 0.25) is 0 Å². The van der Waals surface area contributed by atoms with Crippen molar-refractivity contribution < 1.29 is 4.42 Å². The zero-order chi connectivity index (χ0) is 34.1. The van der Waals surface area contributed by atoms with Crippen molar-refractivity contribution in [3.8, 4) is 33.4 Å². The van der Waals surface area contributed by atoms with Crippen LogP contribution in [0.15, 0.2) is 180 Å². The van der Waals surface area contributed by atoms with E-state index < -0.39 is 0 Å². The number of para-hydroxylation sites is 1. The van der Waals surface area contributed by atoms with E-state index in [0.717, 1.165) is 44.6 Å². The molecule has 242 valence electrons. The lowest BCUT2D eigenvalue weighted by molar-refractivity contribution is 0.660. The van der Waals surface area contributed by atoms with Gasteiger partial charge in [0.25, 0.3) is 0 Å². The number of anilines is 3. The van der Waals surface area contributed by atoms with Crippen LogP contribution in [0.5, 0.6) is 0 Å². The first-order valence-electron chi connectivity index (χ1n) is 17.7. The predicted octanol–water partition coefficient (Wildman–Crippen LogP) is 13.8. The normalized spacial score (nSPS) is 13.1. The highest BCUT2D eigenvalue weighted by Gasteiger charge is 2.35. The van der Waals surface area contributed by atoms with Crippen molar-refractivity contribution in [2.45, 2.75) is 19.3 Å². The van der Waals surface area contributed by atoms with Crippen molar-refractivity contribution in [1.29, 1.82) is 0 Å². The first kappa shape index (κ1) is 29.5. The van der Waals surface area contributed by atoms with E-state index >= 15 is 0 Å². The first-order valence-corrected chi connectivity index (χ1v) is 17.7. The van der Waals surface area contributed by atoms with E-state index in [1.54, 1.807) is 0 Å². The fourth-order valence-electron chi connectivity index (χ4n) is 8.42. The third kappa shape index (κ3) is 4.57. The minimum Gasteiger partial charge on any atom is -0.456 e. The molecule has 0 bridgehead atoms. The van der Waals surface area contributed by atoms with Gasteiger partial charge in [-0.3, -0.25) is 0 Å². The van der Waals surface area contributed by atoms with Gasteiger partial charge >= 0.3 is 0 Å². The molecular formula is C49H35NO. The molecule has 0 saturated heterocycles. The Kier molecular flexibility index (Phi) is 6.56. The molecule has 9 aromatic rings. The Balaban J connectivity index is 1.11. The van der Waals surface area contributed by atoms with E-state index in [0.29, 0.717) is 0 Å². The minimum absolute atomic E-state index is 0.0771. The summed E-state index contributed by atoms with van der Waals surface area (Å²) in [7, 11) is 0. The number of furan rings is 1. The van der Waals surface area contributed by atoms with Crippen LogP contribution in [0, 0.1) is 0 Å². The molecule has 1 heterocycles. The van der Waals surface area contributed by atoms with Gasteiger partial charge in [0.15, 0.2) is 0 Å². The molecule has 51 heavy (non-hydrogen) atoms. The summed E-state index contributed by atoms with van der Waals surface area (Å²) in [5, 5.41) is 4.74. The average molecular weight is 654 g/mol. The van der Waals surface area contributed by atoms with Gasteiger partial charge in [0.05, 0.1) is 0 Å². The van der Waals surface area contributed by atoms with Crippen LogP contribution in [0.25, 0.3) is 66.1 Å². The Labute approximate surface area is 297 Å². The van der Waals surface area contributed by atoms with Gasteiger partial charge in [-0.05, 0) is 104 Å². The summed E-state index contributed by atoms with van der Waals surface area (Å²) in [6.45, 7) is 4.68. The SMILES string of the molecule is CC1(C)c2ccccc2-c2ccc(N(c3ccccc3)c3ccc(-c4cccc5oc6cc(-c7ccccc7)c7ccccc7c6c45)cc3)cc21. The van der Waals surface area contributed by atoms with E-state index in [1.165, 1.54) is 49.7 Å². The zero-order valence-electron chi connectivity index (χ0n) is 28.6. The predicted molar refractivity (Wildman–Crippen MR) is 214 cm³/mol. The molecule has 0 saturated carbocycles. The number of benzene rings is 8. The Morgan fingerprint density at radius 2 is 1.00 bits per heavy atom. The minimum atomic E-state index is -0.0771. The van der Waals surface area contributed by atoms with Gasteiger partial charge in [-0.25, -0.2) is 0 Å². The van der Waals surface area contributed by atoms with Crippen molar-refractivity contribution in [3.63, 3.8) is 0 Å². The topological polar surface area (TPSA) is 16.4 Å². The molecule has 0 unspecified atom stereocenters. The molecule has 8 aromatic carbocycles. The molecule has 0 atom stereocenters. The highest BCUT2D eigenvalue weighted by molar-refractivity contribution is 6.25. The van der Waals surface area contributed by atoms with Crippen LogP contribution in [-0.4, -0.2) is 0 Å². The number of nitrogens with zero attached hydrogens (tertiary/aromatic N) is 1. The van der Waals surface area contributed by atoms with Gasteiger partial charge in [0.2, 0.25) is 0 Å². The van der Waals surface area contributed by atoms with Gasteiger partial charge in [0.1, 0.15) is 11.2 Å². The standard InChI is InChI=1S/C49H35NO/c1-49(2)43-22-12-11-19-39(43)40-29-28-36(30-44(40)49)50(34-16-7-4-8-17-34)35-26-24-33(25-27-35)37-21-13-23-45-47(37)48-41-20-10-9-18-38(41)42(31-46(48)51-45)32-14-5-3-6-15-32/h3-31H,1-2H3. The molecule has 2 heteroatoms. The fraction of sp³-hybridized carbons (Fsp3) is 0.0612. The fourth-order valence-corrected chi connectivity index (χ4v) is 8.42. The molecule has 1 aromatic heterocycles. The zero-order valence-corrected chi connectivity index (χ0v) is 28.6. The Hall–Kier alpha value is -6.38. The maximum Gasteiger partial charge on any atom is 0.136 e. The largest absolute Gasteiger partial charge is 0.456 e. The van der Waals surface area contributed by atoms with E-state index in [4.69, 9.17) is 4.42 Å². The van der Waals surface area contributed by atoms with Crippen LogP contribution >= 0.6 is 0 Å². The highest BCUT2D eigenvalue weighted by atomic mass is 16.3. The van der Waals surface area contributed by atoms with E-state index in [-0.39, 0.29) is 5.41 Å². The van der Waals surface area contributed by atoms with Crippen LogP contribution < -0.4 is 4.90 Å². The van der Waals surface area contributed by atoms with E-state index in [1.807, 2.05) is 0 Å². The average Bonchev–Trinajstić information content (AvgIpc) is 3.68. The summed E-state index contributed by atoms with van der Waals surface area (Å²) < 4.78 is 6.63. The maximum atomic E-state index is 6.63. The Bertz CT molecular complexity index is 2760. The van der Waals surface area contributed by atoms with Crippen LogP contribution in [0.4, 0.5) is 17.1 Å². The summed E-state index contributed by atoms with van der Waals surface area (Å²) in [6, 6.07) is 63.4. The number of hydrogen-bond acceptors (Lipinski definition) is 2. The van der Waals surface area contributed by atoms with Crippen molar-refractivity contribution in [2.75, 3.05) is 4.90 Å². The van der Waals surface area contributed by atoms with Gasteiger partial charge < -0.3 is 9.32 Å². The van der Waals surface area contributed by atoms with Gasteiger partial charge in [-0.1, -0.05) is 141 Å². The van der Waals surface area contributed by atoms with Crippen molar-refractivity contribution in [3.05, 3.63) is 187 Å². The molecule has 0 aliphatic heterocycles. The molecular weight excluding hydrogens is 619 g/mol. The molecule has 0 radical (unpaired) electrons. The van der Waals surface area contributed by atoms with Gasteiger partial charge in [0, 0.05) is 33.2 Å². The molecule has 10 rings (SSSR count). The van der Waals surface area contributed by atoms with Crippen molar-refractivity contribution in [2.24, 2.45) is 0 Å². The second kappa shape index (κ2) is 11.3. The number of rotatable bonds is 5. The molecule has 1 aliphatic carbocycles. The quantitative estimate of drug-likeness (QED) is 0.184. The second-order valence-electron chi connectivity index (χ2n) is 14.1. The monoisotopic (exact) mass is 653 g/mol. The smallest absolute Gasteiger partial charge is 0.136 e. The highest BCUT2D eigenvalue weighted by Crippen LogP contribution is 2.51. The Morgan fingerprint density at radius 1 is 0.392 bits per heavy atom. The summed E-state index contributed by atoms with van der Waals surface area (Å²) in [5.41, 5.74) is 15.2. The maximum absolute atomic E-state index is 6.63. The van der Waals surface area contributed by atoms with Crippen molar-refractivity contribution in [1.82, 2.24) is 0 Å². The molecule has 0 fully saturated rings. The summed E-state index contributed by atoms with van der Waals surface area (Å²) in [6.07, 6.45) is 0. The first-order chi connectivity index (χ1) is 25.1. The lowest BCUT2D eigenvalue weighted by atomic mass is 9.82. The summed E-state index contributed by atoms with van der Waals surface area (Å²) >= 11 is 0. The van der Waals surface area contributed by atoms with Crippen LogP contribution in [0.3, 0.4) is 0 Å². The summed E-state index contributed by atoms with van der Waals surface area (Å²) in [4.78, 5) is 2.37. The van der Waals surface area contributed by atoms with Crippen molar-refractivity contribution >= 4 is 49.8 Å². The molecule has 0 N–H and O–H groups in total. The molecule has 0 spiro atoms. The lowest BCUT2D eigenvalue weighted by Crippen LogP contribution is -2.16. The number of fused-ring (bicyclic) bond motifs is 8. The molecule has 0 amide bonds. The van der Waals surface area contributed by atoms with Gasteiger partial charge in [-0.15, -0.1) is 0 Å². The summed E-state index contributed by atoms with van der Waals surface area (Å²) in [5.74, 6) is 0. The lowest BCUT2D eigenvalue weighted by Gasteiger charge is -2.28. The third-order valence-corrected chi connectivity index (χ3v) is 10.9. The number of hydrogen-bond donors (Lipinski definition) is 0. The van der Waals surface area contributed by atoms with Gasteiger partial charge in [-0.2, -0.15) is 0 Å². The van der Waals surface area contributed by atoms with E-state index in [9.17, 15) is 0 Å².